The molecule has 6 N–H and O–H groups in total. The van der Waals surface area contributed by atoms with Gasteiger partial charge in [0.2, 0.25) is 5.91 Å². The third-order valence-corrected chi connectivity index (χ3v) is 18.6. The van der Waals surface area contributed by atoms with Gasteiger partial charge in [0.15, 0.2) is 6.29 Å². The summed E-state index contributed by atoms with van der Waals surface area (Å²) in [4.78, 5) is 25.1. The first kappa shape index (κ1) is 84.2. The number of carbonyl (C=O) groups is 2. The van der Waals surface area contributed by atoms with Gasteiger partial charge in [0.1, 0.15) is 24.4 Å². The van der Waals surface area contributed by atoms with Gasteiger partial charge in [-0.2, -0.15) is 0 Å². The fourth-order valence-corrected chi connectivity index (χ4v) is 12.5. The topological polar surface area (TPSA) is 175 Å². The summed E-state index contributed by atoms with van der Waals surface area (Å²) < 4.78 is 16.7. The van der Waals surface area contributed by atoms with Crippen molar-refractivity contribution in [2.45, 2.75) is 436 Å². The molecule has 1 rings (SSSR count). The monoisotopic (exact) mass is 1250 g/mol. The smallest absolute Gasteiger partial charge is 0.305 e. The molecule has 0 aromatic heterocycles. The molecule has 0 radical (unpaired) electrons. The van der Waals surface area contributed by atoms with E-state index in [1.54, 1.807) is 6.08 Å². The van der Waals surface area contributed by atoms with Crippen molar-refractivity contribution in [1.82, 2.24) is 5.32 Å². The van der Waals surface area contributed by atoms with Gasteiger partial charge in [0.25, 0.3) is 0 Å². The van der Waals surface area contributed by atoms with Gasteiger partial charge in [0.05, 0.1) is 32.0 Å². The van der Waals surface area contributed by atoms with Gasteiger partial charge in [-0.05, 0) is 57.8 Å². The number of hydrogen-bond acceptors (Lipinski definition) is 10. The minimum absolute atomic E-state index is 0.0175. The Balaban J connectivity index is 1.87. The lowest BCUT2D eigenvalue weighted by atomic mass is 9.99. The minimum atomic E-state index is -1.57. The first-order valence-corrected chi connectivity index (χ1v) is 38.6. The average molecular weight is 1250 g/mol. The van der Waals surface area contributed by atoms with E-state index in [1.807, 2.05) is 6.08 Å². The van der Waals surface area contributed by atoms with Crippen molar-refractivity contribution in [3.05, 3.63) is 24.3 Å². The summed E-state index contributed by atoms with van der Waals surface area (Å²) in [7, 11) is 0. The number of ether oxygens (including phenoxy) is 3. The highest BCUT2D eigenvalue weighted by Gasteiger charge is 2.44. The maximum absolute atomic E-state index is 13.0. The lowest BCUT2D eigenvalue weighted by molar-refractivity contribution is -0.302. The molecule has 88 heavy (non-hydrogen) atoms. The van der Waals surface area contributed by atoms with Crippen LogP contribution in [0.5, 0.6) is 0 Å². The number of hydrogen-bond donors (Lipinski definition) is 6. The average Bonchev–Trinajstić information content (AvgIpc) is 3.03. The van der Waals surface area contributed by atoms with E-state index in [0.29, 0.717) is 19.4 Å². The van der Waals surface area contributed by atoms with Crippen molar-refractivity contribution >= 4 is 11.9 Å². The number of aliphatic hydroxyl groups excluding tert-OH is 5. The molecular formula is C77H147NO10. The lowest BCUT2D eigenvalue weighted by Gasteiger charge is -2.40. The zero-order chi connectivity index (χ0) is 63.7. The summed E-state index contributed by atoms with van der Waals surface area (Å²) in [5, 5.41) is 54.4. The second-order valence-electron chi connectivity index (χ2n) is 27.1. The van der Waals surface area contributed by atoms with Gasteiger partial charge >= 0.3 is 5.97 Å². The molecule has 7 atom stereocenters. The Bertz CT molecular complexity index is 1510. The van der Waals surface area contributed by atoms with Crippen molar-refractivity contribution in [2.24, 2.45) is 0 Å². The highest BCUT2D eigenvalue weighted by Crippen LogP contribution is 2.24. The number of rotatable bonds is 69. The van der Waals surface area contributed by atoms with Gasteiger partial charge in [-0.15, -0.1) is 0 Å². The number of carbonyl (C=O) groups excluding carboxylic acids is 2. The van der Waals surface area contributed by atoms with Crippen molar-refractivity contribution < 1.29 is 49.3 Å². The number of esters is 1. The highest BCUT2D eigenvalue weighted by atomic mass is 16.7. The highest BCUT2D eigenvalue weighted by molar-refractivity contribution is 5.76. The Morgan fingerprint density at radius 2 is 0.727 bits per heavy atom. The first-order valence-electron chi connectivity index (χ1n) is 38.6. The third-order valence-electron chi connectivity index (χ3n) is 18.6. The van der Waals surface area contributed by atoms with Crippen LogP contribution in [0, 0.1) is 0 Å². The molecular weight excluding hydrogens is 1100 g/mol. The van der Waals surface area contributed by atoms with E-state index in [2.05, 4.69) is 31.3 Å². The zero-order valence-corrected chi connectivity index (χ0v) is 58.0. The molecule has 0 aromatic rings. The van der Waals surface area contributed by atoms with Crippen LogP contribution in [-0.2, 0) is 23.8 Å². The summed E-state index contributed by atoms with van der Waals surface area (Å²) in [5.74, 6) is -0.159. The Labute approximate surface area is 543 Å². The summed E-state index contributed by atoms with van der Waals surface area (Å²) in [6, 6.07) is -0.805. The molecule has 7 unspecified atom stereocenters. The van der Waals surface area contributed by atoms with Crippen molar-refractivity contribution in [1.29, 1.82) is 0 Å². The molecule has 1 amide bonds. The van der Waals surface area contributed by atoms with Crippen molar-refractivity contribution in [3.63, 3.8) is 0 Å². The standard InChI is InChI=1S/C77H147NO10/c1-3-5-7-9-11-13-15-41-45-49-53-57-61-65-73(82)86-66-62-58-54-50-46-43-40-38-36-34-32-30-28-26-24-22-20-18-16-17-19-21-23-25-27-29-31-33-35-37-39-42-44-48-52-56-60-64-72(81)78-69(68-87-77-76(85)75(84)74(83)71(67-79)88-77)70(80)63-59-55-51-47-14-12-10-8-6-4-2/h16,18,59,63,69-71,74-77,79-80,83-85H,3-15,17,19-58,60-62,64-68H2,1-2H3,(H,78,81)/b18-16-,63-59+. The van der Waals surface area contributed by atoms with Crippen LogP contribution in [0.4, 0.5) is 0 Å². The Morgan fingerprint density at radius 3 is 1.09 bits per heavy atom. The predicted molar refractivity (Wildman–Crippen MR) is 371 cm³/mol. The number of unbranched alkanes of at least 4 members (excludes halogenated alkanes) is 53. The minimum Gasteiger partial charge on any atom is -0.466 e. The first-order chi connectivity index (χ1) is 43.2. The fraction of sp³-hybridized carbons (Fsp3) is 0.922. The summed E-state index contributed by atoms with van der Waals surface area (Å²) >= 11 is 0. The lowest BCUT2D eigenvalue weighted by Crippen LogP contribution is -2.60. The van der Waals surface area contributed by atoms with Crippen LogP contribution in [0.2, 0.25) is 0 Å². The van der Waals surface area contributed by atoms with Crippen LogP contribution >= 0.6 is 0 Å². The number of nitrogens with one attached hydrogen (secondary N) is 1. The second-order valence-corrected chi connectivity index (χ2v) is 27.1. The van der Waals surface area contributed by atoms with Crippen LogP contribution in [0.25, 0.3) is 0 Å². The molecule has 0 saturated carbocycles. The van der Waals surface area contributed by atoms with E-state index in [4.69, 9.17) is 14.2 Å². The molecule has 0 bridgehead atoms. The fourth-order valence-electron chi connectivity index (χ4n) is 12.5. The summed E-state index contributed by atoms with van der Waals surface area (Å²) in [6.45, 7) is 4.38. The molecule has 520 valence electrons. The van der Waals surface area contributed by atoms with Crippen LogP contribution in [0.15, 0.2) is 24.3 Å². The van der Waals surface area contributed by atoms with Crippen LogP contribution < -0.4 is 5.32 Å². The molecule has 1 fully saturated rings. The summed E-state index contributed by atoms with van der Waals surface area (Å²) in [5.41, 5.74) is 0. The van der Waals surface area contributed by atoms with Gasteiger partial charge in [0, 0.05) is 12.8 Å². The Kier molecular flexibility index (Phi) is 63.7. The van der Waals surface area contributed by atoms with E-state index in [-0.39, 0.29) is 18.5 Å². The molecule has 11 nitrogen and oxygen atoms in total. The van der Waals surface area contributed by atoms with E-state index in [0.717, 1.165) is 51.4 Å². The molecule has 1 aliphatic heterocycles. The Hall–Kier alpha value is -1.86. The molecule has 1 aliphatic rings. The van der Waals surface area contributed by atoms with E-state index in [9.17, 15) is 35.1 Å². The van der Waals surface area contributed by atoms with E-state index in [1.165, 1.54) is 315 Å². The van der Waals surface area contributed by atoms with E-state index >= 15 is 0 Å². The normalized spacial score (nSPS) is 17.8. The predicted octanol–water partition coefficient (Wildman–Crippen LogP) is 20.4. The van der Waals surface area contributed by atoms with Gasteiger partial charge in [-0.3, -0.25) is 9.59 Å². The van der Waals surface area contributed by atoms with Crippen LogP contribution in [0.3, 0.4) is 0 Å². The van der Waals surface area contributed by atoms with Crippen LogP contribution in [-0.4, -0.2) is 100 Å². The summed E-state index contributed by atoms with van der Waals surface area (Å²) in [6.07, 6.45) is 75.0. The van der Waals surface area contributed by atoms with Crippen molar-refractivity contribution in [3.8, 4) is 0 Å². The molecule has 0 aliphatic carbocycles. The SMILES string of the molecule is CCCCCCCCCC/C=C/C(O)C(COC1OC(CO)C(O)C(O)C1O)NC(=O)CCCCCCCCCCCCCCCCCCC/C=C\CCCCCCCCCCCCCCCCCCOC(=O)CCCCCCCCCCCCCCC. The maximum atomic E-state index is 13.0. The number of aliphatic hydroxyl groups is 5. The van der Waals surface area contributed by atoms with Gasteiger partial charge in [-0.1, -0.05) is 346 Å². The molecule has 0 spiro atoms. The van der Waals surface area contributed by atoms with Crippen LogP contribution in [0.1, 0.15) is 393 Å². The maximum Gasteiger partial charge on any atom is 0.305 e. The Morgan fingerprint density at radius 1 is 0.409 bits per heavy atom. The molecule has 1 heterocycles. The zero-order valence-electron chi connectivity index (χ0n) is 58.0. The van der Waals surface area contributed by atoms with Crippen molar-refractivity contribution in [2.75, 3.05) is 19.8 Å². The number of allylic oxidation sites excluding steroid dienone is 3. The second kappa shape index (κ2) is 66.6. The number of amides is 1. The molecule has 11 heteroatoms. The quantitative estimate of drug-likeness (QED) is 0.0195. The van der Waals surface area contributed by atoms with Gasteiger partial charge < -0.3 is 45.1 Å². The van der Waals surface area contributed by atoms with Gasteiger partial charge in [-0.25, -0.2) is 0 Å². The van der Waals surface area contributed by atoms with E-state index < -0.39 is 49.5 Å². The molecule has 1 saturated heterocycles. The third kappa shape index (κ3) is 54.7. The largest absolute Gasteiger partial charge is 0.466 e. The molecule has 0 aromatic carbocycles.